The van der Waals surface area contributed by atoms with Gasteiger partial charge in [-0.1, -0.05) is 10.9 Å². The number of nitrogens with zero attached hydrogens (tertiary/aromatic N) is 6. The van der Waals surface area contributed by atoms with Crippen LogP contribution in [0.3, 0.4) is 0 Å². The molecule has 1 unspecified atom stereocenters. The van der Waals surface area contributed by atoms with Crippen molar-refractivity contribution in [2.24, 2.45) is 7.05 Å². The van der Waals surface area contributed by atoms with Gasteiger partial charge in [-0.05, 0) is 36.1 Å². The summed E-state index contributed by atoms with van der Waals surface area (Å²) in [7, 11) is 3.03. The summed E-state index contributed by atoms with van der Waals surface area (Å²) in [5.41, 5.74) is 0.970. The molecule has 2 aromatic heterocycles. The van der Waals surface area contributed by atoms with E-state index in [1.807, 2.05) is 0 Å². The van der Waals surface area contributed by atoms with Gasteiger partial charge in [0.25, 0.3) is 0 Å². The number of hydrogen-bond donors (Lipinski definition) is 0. The van der Waals surface area contributed by atoms with Crippen molar-refractivity contribution in [2.45, 2.75) is 13.5 Å². The molecule has 0 bridgehead atoms. The summed E-state index contributed by atoms with van der Waals surface area (Å²) in [6, 6.07) is 6.28. The molecule has 16 nitrogen and oxygen atoms in total. The summed E-state index contributed by atoms with van der Waals surface area (Å²) in [5.74, 6) is 6.10. The standard InChI is InChI=1S/C30H33N6O10P/c1-7-8-21-23(41-3)10-9-22-26(28(37)19-15-24(42-4)29(44-6)25(16-19)43-5)32-35(27(21)22)47(40,34-11-13-45-14-12-34)46-18-20-17-31-30(33(20)2)36(38)39/h9-10,15-17H,11-14,18H2,1-6H3. The Morgan fingerprint density at radius 3 is 2.28 bits per heavy atom. The number of imidazole rings is 1. The molecule has 0 saturated carbocycles. The second-order valence-electron chi connectivity index (χ2n) is 10.1. The maximum Gasteiger partial charge on any atom is 0.434 e. The van der Waals surface area contributed by atoms with Crippen LogP contribution in [0.15, 0.2) is 30.5 Å². The lowest BCUT2D eigenvalue weighted by Gasteiger charge is -2.33. The van der Waals surface area contributed by atoms with Crippen LogP contribution in [-0.4, -0.2) is 89.2 Å². The van der Waals surface area contributed by atoms with Crippen molar-refractivity contribution in [3.8, 4) is 34.8 Å². The minimum absolute atomic E-state index is 0.0515. The number of fused-ring (bicyclic) bond motifs is 1. The lowest BCUT2D eigenvalue weighted by molar-refractivity contribution is -0.396. The van der Waals surface area contributed by atoms with Gasteiger partial charge in [0.2, 0.25) is 11.5 Å². The summed E-state index contributed by atoms with van der Waals surface area (Å²) >= 11 is 0. The first-order valence-corrected chi connectivity index (χ1v) is 15.8. The Kier molecular flexibility index (Phi) is 9.83. The first kappa shape index (κ1) is 33.4. The molecule has 1 fully saturated rings. The molecule has 2 aromatic carbocycles. The Bertz CT molecular complexity index is 1930. The van der Waals surface area contributed by atoms with Crippen LogP contribution in [0.2, 0.25) is 0 Å². The molecule has 3 heterocycles. The minimum atomic E-state index is -4.22. The quantitative estimate of drug-likeness (QED) is 0.0702. The number of benzene rings is 2. The third-order valence-corrected chi connectivity index (χ3v) is 9.94. The molecule has 0 amide bonds. The molecule has 1 aliphatic heterocycles. The average Bonchev–Trinajstić information content (AvgIpc) is 3.67. The van der Waals surface area contributed by atoms with Gasteiger partial charge in [-0.3, -0.25) is 9.32 Å². The zero-order valence-corrected chi connectivity index (χ0v) is 27.5. The van der Waals surface area contributed by atoms with Gasteiger partial charge >= 0.3 is 13.6 Å². The number of morpholine rings is 1. The second kappa shape index (κ2) is 13.8. The topological polar surface area (TPSA) is 172 Å². The second-order valence-corrected chi connectivity index (χ2v) is 12.3. The lowest BCUT2D eigenvalue weighted by atomic mass is 10.0. The molecular formula is C30H33N6O10P. The van der Waals surface area contributed by atoms with E-state index in [2.05, 4.69) is 21.9 Å². The Morgan fingerprint density at radius 1 is 1.06 bits per heavy atom. The number of carbonyl (C=O) groups is 1. The number of rotatable bonds is 12. The van der Waals surface area contributed by atoms with Crippen LogP contribution in [0, 0.1) is 22.0 Å². The maximum atomic E-state index is 15.4. The molecule has 4 aromatic rings. The van der Waals surface area contributed by atoms with E-state index in [9.17, 15) is 14.9 Å². The molecule has 1 saturated heterocycles. The first-order chi connectivity index (χ1) is 22.6. The van der Waals surface area contributed by atoms with Gasteiger partial charge < -0.3 is 33.8 Å². The molecule has 248 valence electrons. The number of ether oxygens (including phenoxy) is 5. The minimum Gasteiger partial charge on any atom is -0.495 e. The highest BCUT2D eigenvalue weighted by Gasteiger charge is 2.41. The van der Waals surface area contributed by atoms with Crippen LogP contribution in [0.5, 0.6) is 23.0 Å². The van der Waals surface area contributed by atoms with E-state index < -0.39 is 24.3 Å². The first-order valence-electron chi connectivity index (χ1n) is 14.2. The van der Waals surface area contributed by atoms with Crippen LogP contribution in [0.4, 0.5) is 5.95 Å². The highest BCUT2D eigenvalue weighted by molar-refractivity contribution is 7.55. The summed E-state index contributed by atoms with van der Waals surface area (Å²) in [6.07, 6.45) is 1.28. The highest BCUT2D eigenvalue weighted by atomic mass is 31.2. The number of carbonyl (C=O) groups excluding carboxylic acids is 1. The maximum absolute atomic E-state index is 15.4. The van der Waals surface area contributed by atoms with Crippen molar-refractivity contribution in [3.05, 3.63) is 63.1 Å². The van der Waals surface area contributed by atoms with Gasteiger partial charge in [-0.15, -0.1) is 5.92 Å². The van der Waals surface area contributed by atoms with Gasteiger partial charge in [-0.2, -0.15) is 9.55 Å². The van der Waals surface area contributed by atoms with Gasteiger partial charge in [0, 0.05) is 24.0 Å². The van der Waals surface area contributed by atoms with Crippen LogP contribution >= 0.6 is 7.67 Å². The van der Waals surface area contributed by atoms with Crippen molar-refractivity contribution in [3.63, 3.8) is 0 Å². The predicted octanol–water partition coefficient (Wildman–Crippen LogP) is 3.82. The van der Waals surface area contributed by atoms with Gasteiger partial charge in [0.1, 0.15) is 29.9 Å². The van der Waals surface area contributed by atoms with E-state index in [1.54, 1.807) is 23.7 Å². The van der Waals surface area contributed by atoms with Crippen LogP contribution in [0.25, 0.3) is 10.9 Å². The molecule has 1 aliphatic rings. The lowest BCUT2D eigenvalue weighted by Crippen LogP contribution is -2.36. The normalized spacial score (nSPS) is 14.6. The van der Waals surface area contributed by atoms with Crippen molar-refractivity contribution < 1.29 is 42.5 Å². The van der Waals surface area contributed by atoms with Crippen molar-refractivity contribution in [1.29, 1.82) is 0 Å². The Hall–Kier alpha value is -4.94. The largest absolute Gasteiger partial charge is 0.495 e. The molecule has 47 heavy (non-hydrogen) atoms. The summed E-state index contributed by atoms with van der Waals surface area (Å²) in [5, 5.41) is 16.4. The zero-order chi connectivity index (χ0) is 33.9. The van der Waals surface area contributed by atoms with E-state index in [-0.39, 0.29) is 61.2 Å². The molecule has 0 spiro atoms. The Balaban J connectivity index is 1.75. The third kappa shape index (κ3) is 6.01. The van der Waals surface area contributed by atoms with Gasteiger partial charge in [0.05, 0.1) is 59.8 Å². The molecule has 17 heteroatoms. The van der Waals surface area contributed by atoms with Gasteiger partial charge in [0.15, 0.2) is 11.5 Å². The van der Waals surface area contributed by atoms with Crippen LogP contribution < -0.4 is 18.9 Å². The molecule has 0 aliphatic carbocycles. The predicted molar refractivity (Wildman–Crippen MR) is 168 cm³/mol. The number of methoxy groups -OCH3 is 4. The monoisotopic (exact) mass is 668 g/mol. The van der Waals surface area contributed by atoms with Crippen molar-refractivity contribution in [1.82, 2.24) is 23.8 Å². The van der Waals surface area contributed by atoms with Crippen molar-refractivity contribution in [2.75, 3.05) is 54.7 Å². The summed E-state index contributed by atoms with van der Waals surface area (Å²) < 4.78 is 53.1. The van der Waals surface area contributed by atoms with E-state index in [1.165, 1.54) is 62.8 Å². The number of hydrogen-bond acceptors (Lipinski definition) is 12. The van der Waals surface area contributed by atoms with Crippen LogP contribution in [-0.2, 0) is 27.5 Å². The fourth-order valence-corrected chi connectivity index (χ4v) is 7.38. The van der Waals surface area contributed by atoms with E-state index >= 15 is 4.57 Å². The van der Waals surface area contributed by atoms with E-state index in [0.29, 0.717) is 28.1 Å². The molecule has 0 N–H and O–H groups in total. The van der Waals surface area contributed by atoms with E-state index in [0.717, 1.165) is 0 Å². The summed E-state index contributed by atoms with van der Waals surface area (Å²) in [4.78, 5) is 28.9. The third-order valence-electron chi connectivity index (χ3n) is 7.59. The highest BCUT2D eigenvalue weighted by Crippen LogP contribution is 2.55. The number of aromatic nitrogens is 4. The Labute approximate surface area is 269 Å². The van der Waals surface area contributed by atoms with E-state index in [4.69, 9.17) is 28.2 Å². The zero-order valence-electron chi connectivity index (χ0n) is 26.6. The number of nitro groups is 1. The molecule has 0 radical (unpaired) electrons. The van der Waals surface area contributed by atoms with Crippen molar-refractivity contribution >= 4 is 30.3 Å². The molecule has 5 rings (SSSR count). The average molecular weight is 669 g/mol. The summed E-state index contributed by atoms with van der Waals surface area (Å²) in [6.45, 7) is 2.23. The Morgan fingerprint density at radius 2 is 1.72 bits per heavy atom. The fraction of sp³-hybridized carbons (Fsp3) is 0.367. The van der Waals surface area contributed by atoms with Crippen LogP contribution in [0.1, 0.15) is 34.2 Å². The molecule has 1 atom stereocenters. The SMILES string of the molecule is CC#Cc1c(OC)ccc2c(C(=O)c3cc(OC)c(OC)c(OC)c3)nn(P(=O)(OCc3cnc([N+](=O)[O-])n3C)N3CCOCC3)c12. The smallest absolute Gasteiger partial charge is 0.434 e. The molecular weight excluding hydrogens is 635 g/mol. The fourth-order valence-electron chi connectivity index (χ4n) is 5.24. The number of ketones is 1. The van der Waals surface area contributed by atoms with Gasteiger partial charge in [-0.25, -0.2) is 13.8 Å².